The van der Waals surface area contributed by atoms with Crippen LogP contribution in [0.4, 0.5) is 0 Å². The minimum atomic E-state index is -0.687. The Kier molecular flexibility index (Phi) is 7.65. The van der Waals surface area contributed by atoms with E-state index in [9.17, 15) is 15.0 Å². The second kappa shape index (κ2) is 11.0. The topological polar surface area (TPSA) is 98.1 Å². The van der Waals surface area contributed by atoms with Gasteiger partial charge < -0.3 is 24.4 Å². The van der Waals surface area contributed by atoms with Crippen molar-refractivity contribution in [2.45, 2.75) is 46.6 Å². The van der Waals surface area contributed by atoms with Gasteiger partial charge in [-0.15, -0.1) is 0 Å². The van der Waals surface area contributed by atoms with E-state index in [4.69, 9.17) is 14.2 Å². The monoisotopic (exact) mass is 531 g/mol. The number of esters is 1. The van der Waals surface area contributed by atoms with E-state index in [1.807, 2.05) is 43.5 Å². The number of hydrogen-bond acceptors (Lipinski definition) is 7. The standard InChI is InChI=1S/C32H37NO6/c1-5-37-31(36)30-25-12-23-13-27(33-14-26(23)29(25)30)38-15-21-7-6-8-22(11-21)28-19(2)9-24(10-20(28)3)39-18-32(4,16-34)17-35/h6-11,13-14,25,29-30,34-35H,5,12,15-18H2,1-4H3/t25-,29-,30+/m1/s1. The van der Waals surface area contributed by atoms with Crippen LogP contribution in [-0.2, 0) is 22.6 Å². The first-order chi connectivity index (χ1) is 18.8. The fourth-order valence-corrected chi connectivity index (χ4v) is 5.74. The van der Waals surface area contributed by atoms with Crippen molar-refractivity contribution in [1.82, 2.24) is 4.98 Å². The van der Waals surface area contributed by atoms with Crippen molar-refractivity contribution in [3.63, 3.8) is 0 Å². The second-order valence-electron chi connectivity index (χ2n) is 11.2. The van der Waals surface area contributed by atoms with E-state index >= 15 is 0 Å². The number of aliphatic hydroxyl groups is 2. The summed E-state index contributed by atoms with van der Waals surface area (Å²) in [5.41, 5.74) is 7.13. The van der Waals surface area contributed by atoms with Crippen molar-refractivity contribution >= 4 is 5.97 Å². The third-order valence-electron chi connectivity index (χ3n) is 8.00. The Morgan fingerprint density at radius 2 is 1.82 bits per heavy atom. The average molecular weight is 532 g/mol. The van der Waals surface area contributed by atoms with Crippen LogP contribution >= 0.6 is 0 Å². The van der Waals surface area contributed by atoms with Crippen molar-refractivity contribution in [1.29, 1.82) is 0 Å². The Morgan fingerprint density at radius 3 is 2.51 bits per heavy atom. The van der Waals surface area contributed by atoms with Crippen molar-refractivity contribution in [2.75, 3.05) is 26.4 Å². The highest BCUT2D eigenvalue weighted by Crippen LogP contribution is 2.61. The van der Waals surface area contributed by atoms with E-state index in [0.29, 0.717) is 25.0 Å². The van der Waals surface area contributed by atoms with E-state index in [-0.39, 0.29) is 37.6 Å². The number of ether oxygens (including phenoxy) is 3. The van der Waals surface area contributed by atoms with Gasteiger partial charge in [0, 0.05) is 23.6 Å². The second-order valence-corrected chi connectivity index (χ2v) is 11.2. The molecular weight excluding hydrogens is 494 g/mol. The summed E-state index contributed by atoms with van der Waals surface area (Å²) in [5.74, 6) is 1.80. The average Bonchev–Trinajstić information content (AvgIpc) is 3.52. The van der Waals surface area contributed by atoms with Crippen LogP contribution in [0.3, 0.4) is 0 Å². The summed E-state index contributed by atoms with van der Waals surface area (Å²) >= 11 is 0. The molecule has 0 amide bonds. The van der Waals surface area contributed by atoms with Gasteiger partial charge in [0.05, 0.1) is 32.3 Å². The lowest BCUT2D eigenvalue weighted by atomic mass is 9.93. The lowest BCUT2D eigenvalue weighted by molar-refractivity contribution is -0.145. The summed E-state index contributed by atoms with van der Waals surface area (Å²) in [5, 5.41) is 19.1. The van der Waals surface area contributed by atoms with E-state index < -0.39 is 5.41 Å². The van der Waals surface area contributed by atoms with Gasteiger partial charge in [-0.25, -0.2) is 4.98 Å². The number of rotatable bonds is 11. The molecule has 1 fully saturated rings. The Hall–Kier alpha value is -3.42. The van der Waals surface area contributed by atoms with Crippen LogP contribution in [0.25, 0.3) is 11.1 Å². The summed E-state index contributed by atoms with van der Waals surface area (Å²) in [6, 6.07) is 14.3. The van der Waals surface area contributed by atoms with E-state index in [2.05, 4.69) is 31.0 Å². The van der Waals surface area contributed by atoms with Crippen LogP contribution < -0.4 is 9.47 Å². The Labute approximate surface area is 229 Å². The number of aryl methyl sites for hydroxylation is 2. The number of carbonyl (C=O) groups excluding carboxylic acids is 1. The molecule has 0 saturated heterocycles. The lowest BCUT2D eigenvalue weighted by Crippen LogP contribution is -2.33. The molecule has 0 radical (unpaired) electrons. The molecule has 1 aromatic heterocycles. The largest absolute Gasteiger partial charge is 0.493 e. The first-order valence-corrected chi connectivity index (χ1v) is 13.6. The Balaban J connectivity index is 1.24. The van der Waals surface area contributed by atoms with Crippen molar-refractivity contribution in [2.24, 2.45) is 17.3 Å². The fraction of sp³-hybridized carbons (Fsp3) is 0.438. The molecule has 39 heavy (non-hydrogen) atoms. The van der Waals surface area contributed by atoms with E-state index in [1.165, 1.54) is 5.56 Å². The van der Waals surface area contributed by atoms with Crippen LogP contribution in [-0.4, -0.2) is 47.6 Å². The third-order valence-corrected chi connectivity index (χ3v) is 8.00. The molecule has 7 nitrogen and oxygen atoms in total. The first kappa shape index (κ1) is 27.2. The van der Waals surface area contributed by atoms with Gasteiger partial charge >= 0.3 is 5.97 Å². The normalized spacial score (nSPS) is 19.3. The van der Waals surface area contributed by atoms with Gasteiger partial charge in [0.2, 0.25) is 5.88 Å². The van der Waals surface area contributed by atoms with Gasteiger partial charge in [-0.1, -0.05) is 25.1 Å². The van der Waals surface area contributed by atoms with Gasteiger partial charge in [0.25, 0.3) is 0 Å². The molecule has 0 spiro atoms. The third kappa shape index (κ3) is 5.52. The van der Waals surface area contributed by atoms with E-state index in [1.54, 1.807) is 6.92 Å². The maximum Gasteiger partial charge on any atom is 0.309 e. The molecule has 2 N–H and O–H groups in total. The highest BCUT2D eigenvalue weighted by atomic mass is 16.5. The number of benzene rings is 2. The first-order valence-electron chi connectivity index (χ1n) is 13.6. The van der Waals surface area contributed by atoms with E-state index in [0.717, 1.165) is 45.6 Å². The number of aromatic nitrogens is 1. The molecule has 7 heteroatoms. The van der Waals surface area contributed by atoms with Crippen LogP contribution in [0.5, 0.6) is 11.6 Å². The predicted molar refractivity (Wildman–Crippen MR) is 148 cm³/mol. The van der Waals surface area contributed by atoms with Gasteiger partial charge in [-0.3, -0.25) is 4.79 Å². The van der Waals surface area contributed by atoms with Crippen LogP contribution in [0.2, 0.25) is 0 Å². The molecule has 3 atom stereocenters. The number of aliphatic hydroxyl groups excluding tert-OH is 2. The highest BCUT2D eigenvalue weighted by Gasteiger charge is 2.60. The van der Waals surface area contributed by atoms with Crippen molar-refractivity contribution in [3.05, 3.63) is 76.5 Å². The number of carbonyl (C=O) groups is 1. The van der Waals surface area contributed by atoms with Gasteiger partial charge in [0.15, 0.2) is 0 Å². The smallest absolute Gasteiger partial charge is 0.309 e. The maximum atomic E-state index is 12.1. The van der Waals surface area contributed by atoms with Gasteiger partial charge in [-0.2, -0.15) is 0 Å². The predicted octanol–water partition coefficient (Wildman–Crippen LogP) is 4.76. The summed E-state index contributed by atoms with van der Waals surface area (Å²) in [7, 11) is 0. The molecule has 2 aromatic carbocycles. The minimum absolute atomic E-state index is 0.0115. The quantitative estimate of drug-likeness (QED) is 0.344. The molecule has 2 aliphatic rings. The molecule has 0 aliphatic heterocycles. The Morgan fingerprint density at radius 1 is 1.08 bits per heavy atom. The molecule has 2 aliphatic carbocycles. The summed E-state index contributed by atoms with van der Waals surface area (Å²) in [6.45, 7) is 8.50. The molecule has 5 rings (SSSR count). The van der Waals surface area contributed by atoms with Crippen molar-refractivity contribution < 1.29 is 29.2 Å². The number of pyridine rings is 1. The molecule has 3 aromatic rings. The summed E-state index contributed by atoms with van der Waals surface area (Å²) in [6.07, 6.45) is 2.74. The zero-order valence-electron chi connectivity index (χ0n) is 23.1. The number of hydrogen-bond donors (Lipinski definition) is 2. The molecule has 1 heterocycles. The summed E-state index contributed by atoms with van der Waals surface area (Å²) < 4.78 is 17.2. The zero-order chi connectivity index (χ0) is 27.7. The fourth-order valence-electron chi connectivity index (χ4n) is 5.74. The SMILES string of the molecule is CCOC(=O)[C@H]1[C@@H]2Cc3cc(OCc4cccc(-c5c(C)cc(OCC(C)(CO)CO)cc5C)c4)ncc3[C@@H]21. The highest BCUT2D eigenvalue weighted by molar-refractivity contribution is 5.79. The van der Waals surface area contributed by atoms with Crippen LogP contribution in [0, 0.1) is 31.1 Å². The molecular formula is C32H37NO6. The minimum Gasteiger partial charge on any atom is -0.493 e. The van der Waals surface area contributed by atoms with Gasteiger partial charge in [0.1, 0.15) is 12.4 Å². The zero-order valence-corrected chi connectivity index (χ0v) is 23.1. The molecule has 206 valence electrons. The number of nitrogens with zero attached hydrogens (tertiary/aromatic N) is 1. The number of fused-ring (bicyclic) bond motifs is 3. The van der Waals surface area contributed by atoms with Crippen LogP contribution in [0.15, 0.2) is 48.7 Å². The van der Waals surface area contributed by atoms with Crippen molar-refractivity contribution in [3.8, 4) is 22.8 Å². The molecule has 0 bridgehead atoms. The van der Waals surface area contributed by atoms with Gasteiger partial charge in [-0.05, 0) is 90.3 Å². The summed E-state index contributed by atoms with van der Waals surface area (Å²) in [4.78, 5) is 16.7. The lowest BCUT2D eigenvalue weighted by Gasteiger charge is -2.25. The Bertz CT molecular complexity index is 1340. The van der Waals surface area contributed by atoms with Crippen LogP contribution in [0.1, 0.15) is 47.6 Å². The maximum absolute atomic E-state index is 12.1. The molecule has 0 unspecified atom stereocenters. The molecule has 1 saturated carbocycles.